The van der Waals surface area contributed by atoms with Gasteiger partial charge in [-0.05, 0) is 26.2 Å². The van der Waals surface area contributed by atoms with E-state index in [0.717, 1.165) is 12.8 Å². The van der Waals surface area contributed by atoms with Gasteiger partial charge in [0, 0.05) is 12.0 Å². The van der Waals surface area contributed by atoms with Crippen LogP contribution in [0.5, 0.6) is 0 Å². The second-order valence-corrected chi connectivity index (χ2v) is 3.46. The van der Waals surface area contributed by atoms with E-state index >= 15 is 0 Å². The molecular weight excluding hydrogens is 156 g/mol. The van der Waals surface area contributed by atoms with E-state index in [9.17, 15) is 4.79 Å². The van der Waals surface area contributed by atoms with Crippen LogP contribution in [0, 0.1) is 5.92 Å². The SMILES string of the molecule is CC(=O)C1CCC(N)CC1ON. The fraction of sp³-hybridized carbons (Fsp3) is 0.875. The number of hydrogen-bond donors (Lipinski definition) is 2. The molecular formula is C8H16N2O2. The average molecular weight is 172 g/mol. The molecule has 0 aromatic carbocycles. The maximum Gasteiger partial charge on any atom is 0.135 e. The van der Waals surface area contributed by atoms with Crippen LogP contribution >= 0.6 is 0 Å². The summed E-state index contributed by atoms with van der Waals surface area (Å²) in [5, 5.41) is 0. The van der Waals surface area contributed by atoms with Crippen molar-refractivity contribution in [1.82, 2.24) is 0 Å². The lowest BCUT2D eigenvalue weighted by atomic mass is 9.82. The van der Waals surface area contributed by atoms with Gasteiger partial charge in [-0.2, -0.15) is 0 Å². The number of carbonyl (C=O) groups is 1. The Morgan fingerprint density at radius 1 is 1.50 bits per heavy atom. The van der Waals surface area contributed by atoms with Crippen LogP contribution in [0.25, 0.3) is 0 Å². The van der Waals surface area contributed by atoms with E-state index in [2.05, 4.69) is 0 Å². The quantitative estimate of drug-likeness (QED) is 0.573. The summed E-state index contributed by atoms with van der Waals surface area (Å²) < 4.78 is 0. The Bertz CT molecular complexity index is 172. The highest BCUT2D eigenvalue weighted by Gasteiger charge is 2.32. The second kappa shape index (κ2) is 3.98. The number of carbonyl (C=O) groups excluding carboxylic acids is 1. The summed E-state index contributed by atoms with van der Waals surface area (Å²) in [4.78, 5) is 15.8. The Hall–Kier alpha value is -0.450. The minimum atomic E-state index is -0.175. The highest BCUT2D eigenvalue weighted by molar-refractivity contribution is 5.79. The molecule has 1 fully saturated rings. The van der Waals surface area contributed by atoms with Gasteiger partial charge in [-0.25, -0.2) is 5.90 Å². The zero-order valence-electron chi connectivity index (χ0n) is 7.32. The zero-order chi connectivity index (χ0) is 9.14. The molecule has 1 aliphatic rings. The molecule has 0 aromatic heterocycles. The van der Waals surface area contributed by atoms with Gasteiger partial charge >= 0.3 is 0 Å². The maximum absolute atomic E-state index is 11.1. The van der Waals surface area contributed by atoms with Crippen LogP contribution in [0.4, 0.5) is 0 Å². The molecule has 0 bridgehead atoms. The van der Waals surface area contributed by atoms with Gasteiger partial charge in [0.2, 0.25) is 0 Å². The summed E-state index contributed by atoms with van der Waals surface area (Å²) in [6.07, 6.45) is 2.22. The third-order valence-corrected chi connectivity index (χ3v) is 2.53. The van der Waals surface area contributed by atoms with Crippen molar-refractivity contribution in [3.63, 3.8) is 0 Å². The van der Waals surface area contributed by atoms with E-state index in [1.54, 1.807) is 6.92 Å². The van der Waals surface area contributed by atoms with Crippen LogP contribution in [0.2, 0.25) is 0 Å². The largest absolute Gasteiger partial charge is 0.328 e. The number of Topliss-reactive ketones (excluding diaryl/α,β-unsaturated/α-hetero) is 1. The Labute approximate surface area is 72.2 Å². The first-order chi connectivity index (χ1) is 5.65. The van der Waals surface area contributed by atoms with Crippen molar-refractivity contribution in [2.75, 3.05) is 0 Å². The van der Waals surface area contributed by atoms with E-state index < -0.39 is 0 Å². The first-order valence-electron chi connectivity index (χ1n) is 4.26. The van der Waals surface area contributed by atoms with Gasteiger partial charge in [0.15, 0.2) is 0 Å². The standard InChI is InChI=1S/C8H16N2O2/c1-5(11)7-3-2-6(9)4-8(7)12-10/h6-8H,2-4,9-10H2,1H3. The lowest BCUT2D eigenvalue weighted by Gasteiger charge is -2.31. The molecule has 12 heavy (non-hydrogen) atoms. The van der Waals surface area contributed by atoms with Crippen molar-refractivity contribution in [2.24, 2.45) is 17.5 Å². The third kappa shape index (κ3) is 2.03. The van der Waals surface area contributed by atoms with Crippen molar-refractivity contribution in [2.45, 2.75) is 38.3 Å². The van der Waals surface area contributed by atoms with Gasteiger partial charge in [-0.1, -0.05) is 0 Å². The minimum Gasteiger partial charge on any atom is -0.328 e. The number of hydrogen-bond acceptors (Lipinski definition) is 4. The molecule has 4 heteroatoms. The lowest BCUT2D eigenvalue weighted by molar-refractivity contribution is -0.128. The topological polar surface area (TPSA) is 78.3 Å². The molecule has 3 atom stereocenters. The molecule has 0 heterocycles. The summed E-state index contributed by atoms with van der Waals surface area (Å²) in [5.74, 6) is 5.19. The van der Waals surface area contributed by atoms with E-state index in [1.165, 1.54) is 0 Å². The molecule has 0 aromatic rings. The number of ketones is 1. The average Bonchev–Trinajstić information content (AvgIpc) is 2.03. The molecule has 3 unspecified atom stereocenters. The van der Waals surface area contributed by atoms with Crippen LogP contribution in [0.15, 0.2) is 0 Å². The van der Waals surface area contributed by atoms with Gasteiger partial charge in [0.05, 0.1) is 6.10 Å². The summed E-state index contributed by atoms with van der Waals surface area (Å²) in [5.41, 5.74) is 5.72. The lowest BCUT2D eigenvalue weighted by Crippen LogP contribution is -2.42. The Balaban J connectivity index is 2.56. The Morgan fingerprint density at radius 3 is 2.67 bits per heavy atom. The molecule has 0 aliphatic heterocycles. The molecule has 1 aliphatic carbocycles. The third-order valence-electron chi connectivity index (χ3n) is 2.53. The molecule has 0 spiro atoms. The smallest absolute Gasteiger partial charge is 0.135 e. The zero-order valence-corrected chi connectivity index (χ0v) is 7.32. The van der Waals surface area contributed by atoms with Crippen molar-refractivity contribution in [1.29, 1.82) is 0 Å². The molecule has 0 saturated heterocycles. The van der Waals surface area contributed by atoms with E-state index in [4.69, 9.17) is 16.5 Å². The fourth-order valence-electron chi connectivity index (χ4n) is 1.78. The molecule has 0 radical (unpaired) electrons. The Kier molecular flexibility index (Phi) is 3.20. The highest BCUT2D eigenvalue weighted by atomic mass is 16.6. The molecule has 1 rings (SSSR count). The number of nitrogens with two attached hydrogens (primary N) is 2. The van der Waals surface area contributed by atoms with Crippen LogP contribution in [0.3, 0.4) is 0 Å². The van der Waals surface area contributed by atoms with Crippen LogP contribution in [-0.4, -0.2) is 17.9 Å². The molecule has 4 N–H and O–H groups in total. The van der Waals surface area contributed by atoms with Crippen molar-refractivity contribution >= 4 is 5.78 Å². The second-order valence-electron chi connectivity index (χ2n) is 3.46. The van der Waals surface area contributed by atoms with Crippen LogP contribution < -0.4 is 11.6 Å². The summed E-state index contributed by atoms with van der Waals surface area (Å²) >= 11 is 0. The van der Waals surface area contributed by atoms with Gasteiger partial charge in [-0.3, -0.25) is 4.79 Å². The first-order valence-corrected chi connectivity index (χ1v) is 4.26. The normalized spacial score (nSPS) is 36.4. The summed E-state index contributed by atoms with van der Waals surface area (Å²) in [7, 11) is 0. The van der Waals surface area contributed by atoms with Crippen LogP contribution in [0.1, 0.15) is 26.2 Å². The van der Waals surface area contributed by atoms with E-state index in [0.29, 0.717) is 6.42 Å². The van der Waals surface area contributed by atoms with Gasteiger partial charge in [0.25, 0.3) is 0 Å². The van der Waals surface area contributed by atoms with Gasteiger partial charge in [0.1, 0.15) is 5.78 Å². The number of rotatable bonds is 2. The Morgan fingerprint density at radius 2 is 2.17 bits per heavy atom. The molecule has 0 amide bonds. The fourth-order valence-corrected chi connectivity index (χ4v) is 1.78. The predicted octanol–water partition coefficient (Wildman–Crippen LogP) is -0.0383. The minimum absolute atomic E-state index is 0.0465. The van der Waals surface area contributed by atoms with E-state index in [-0.39, 0.29) is 23.8 Å². The monoisotopic (exact) mass is 172 g/mol. The summed E-state index contributed by atoms with van der Waals surface area (Å²) in [6, 6.07) is 0.133. The van der Waals surface area contributed by atoms with Gasteiger partial charge < -0.3 is 10.6 Å². The molecule has 4 nitrogen and oxygen atoms in total. The summed E-state index contributed by atoms with van der Waals surface area (Å²) in [6.45, 7) is 1.58. The highest BCUT2D eigenvalue weighted by Crippen LogP contribution is 2.25. The first kappa shape index (κ1) is 9.64. The molecule has 1 saturated carbocycles. The van der Waals surface area contributed by atoms with E-state index in [1.807, 2.05) is 0 Å². The van der Waals surface area contributed by atoms with Gasteiger partial charge in [-0.15, -0.1) is 0 Å². The maximum atomic E-state index is 11.1. The predicted molar refractivity (Wildman–Crippen MR) is 45.1 cm³/mol. The van der Waals surface area contributed by atoms with Crippen molar-refractivity contribution < 1.29 is 9.63 Å². The van der Waals surface area contributed by atoms with Crippen molar-refractivity contribution in [3.8, 4) is 0 Å². The molecule has 70 valence electrons. The van der Waals surface area contributed by atoms with Crippen molar-refractivity contribution in [3.05, 3.63) is 0 Å². The van der Waals surface area contributed by atoms with Crippen LogP contribution in [-0.2, 0) is 9.63 Å².